The fourth-order valence-corrected chi connectivity index (χ4v) is 3.05. The smallest absolute Gasteiger partial charge is 0.341 e. The first-order valence-corrected chi connectivity index (χ1v) is 11.7. The van der Waals surface area contributed by atoms with Crippen LogP contribution in [0.4, 0.5) is 0 Å². The van der Waals surface area contributed by atoms with Gasteiger partial charge in [-0.1, -0.05) is 26.0 Å². The van der Waals surface area contributed by atoms with Gasteiger partial charge in [0.15, 0.2) is 12.4 Å². The summed E-state index contributed by atoms with van der Waals surface area (Å²) in [5.41, 5.74) is 6.42. The van der Waals surface area contributed by atoms with Crippen LogP contribution in [-0.2, 0) is 9.53 Å². The summed E-state index contributed by atoms with van der Waals surface area (Å²) >= 11 is 0. The standard InChI is InChI=1S/C27H33NO8/c1-4-33-27(32)22-15-19(6-9-25(22)36-17-26(30)31)5-8-23(29)21-16-20(34-14-12-28)7-10-24(21)35-13-11-18(2)3/h5-10,15-16,18H,4,11-14,17,28H2,1-3H3,(H,30,31)/b8-5+. The minimum atomic E-state index is -1.18. The van der Waals surface area contributed by atoms with Crippen molar-refractivity contribution in [3.63, 3.8) is 0 Å². The summed E-state index contributed by atoms with van der Waals surface area (Å²) in [4.78, 5) is 36.3. The molecule has 2 rings (SSSR count). The Labute approximate surface area is 210 Å². The topological polar surface area (TPSA) is 134 Å². The average molecular weight is 500 g/mol. The minimum absolute atomic E-state index is 0.0580. The maximum absolute atomic E-state index is 13.1. The number of allylic oxidation sites excluding steroid dienone is 1. The molecular weight excluding hydrogens is 466 g/mol. The molecule has 9 heteroatoms. The molecule has 2 aromatic rings. The number of benzene rings is 2. The second kappa shape index (κ2) is 14.5. The molecule has 0 heterocycles. The van der Waals surface area contributed by atoms with Gasteiger partial charge in [-0.25, -0.2) is 9.59 Å². The quantitative estimate of drug-likeness (QED) is 0.212. The zero-order chi connectivity index (χ0) is 26.5. The first kappa shape index (κ1) is 28.4. The molecule has 36 heavy (non-hydrogen) atoms. The molecule has 194 valence electrons. The third kappa shape index (κ3) is 9.07. The molecule has 0 aromatic heterocycles. The molecule has 0 unspecified atom stereocenters. The molecule has 3 N–H and O–H groups in total. The van der Waals surface area contributed by atoms with Crippen LogP contribution in [0.15, 0.2) is 42.5 Å². The lowest BCUT2D eigenvalue weighted by molar-refractivity contribution is -0.139. The number of ether oxygens (including phenoxy) is 4. The van der Waals surface area contributed by atoms with Crippen LogP contribution in [0.5, 0.6) is 17.2 Å². The number of carbonyl (C=O) groups excluding carboxylic acids is 2. The van der Waals surface area contributed by atoms with E-state index in [1.165, 1.54) is 24.3 Å². The molecule has 0 saturated heterocycles. The number of nitrogens with two attached hydrogens (primary N) is 1. The van der Waals surface area contributed by atoms with Crippen molar-refractivity contribution >= 4 is 23.8 Å². The van der Waals surface area contributed by atoms with E-state index >= 15 is 0 Å². The zero-order valence-electron chi connectivity index (χ0n) is 20.8. The molecule has 0 aliphatic heterocycles. The van der Waals surface area contributed by atoms with Crippen molar-refractivity contribution in [1.29, 1.82) is 0 Å². The average Bonchev–Trinajstić information content (AvgIpc) is 2.85. The number of hydrogen-bond donors (Lipinski definition) is 2. The van der Waals surface area contributed by atoms with E-state index < -0.39 is 18.5 Å². The van der Waals surface area contributed by atoms with Crippen LogP contribution in [-0.4, -0.2) is 55.8 Å². The number of ketones is 1. The fourth-order valence-electron chi connectivity index (χ4n) is 3.05. The molecular formula is C27H33NO8. The Bertz CT molecular complexity index is 1080. The van der Waals surface area contributed by atoms with Crippen LogP contribution in [0.3, 0.4) is 0 Å². The van der Waals surface area contributed by atoms with Crippen molar-refractivity contribution in [2.24, 2.45) is 11.7 Å². The van der Waals surface area contributed by atoms with Crippen molar-refractivity contribution in [2.75, 3.05) is 33.0 Å². The Kier molecular flexibility index (Phi) is 11.5. The van der Waals surface area contributed by atoms with Crippen LogP contribution < -0.4 is 19.9 Å². The Morgan fingerprint density at radius 3 is 2.36 bits per heavy atom. The molecule has 0 aliphatic carbocycles. The second-order valence-electron chi connectivity index (χ2n) is 8.18. The maximum atomic E-state index is 13.1. The van der Waals surface area contributed by atoms with E-state index in [9.17, 15) is 14.4 Å². The van der Waals surface area contributed by atoms with Gasteiger partial charge in [0.25, 0.3) is 0 Å². The lowest BCUT2D eigenvalue weighted by Crippen LogP contribution is -2.13. The maximum Gasteiger partial charge on any atom is 0.341 e. The molecule has 0 atom stereocenters. The highest BCUT2D eigenvalue weighted by molar-refractivity contribution is 6.09. The number of hydrogen-bond acceptors (Lipinski definition) is 8. The largest absolute Gasteiger partial charge is 0.493 e. The van der Waals surface area contributed by atoms with Gasteiger partial charge >= 0.3 is 11.9 Å². The lowest BCUT2D eigenvalue weighted by Gasteiger charge is -2.13. The van der Waals surface area contributed by atoms with E-state index in [1.54, 1.807) is 31.2 Å². The number of carboxylic acids is 1. The van der Waals surface area contributed by atoms with Crippen LogP contribution >= 0.6 is 0 Å². The monoisotopic (exact) mass is 499 g/mol. The summed E-state index contributed by atoms with van der Waals surface area (Å²) in [6.07, 6.45) is 3.73. The highest BCUT2D eigenvalue weighted by Gasteiger charge is 2.16. The van der Waals surface area contributed by atoms with Gasteiger partial charge in [-0.3, -0.25) is 4.79 Å². The summed E-state index contributed by atoms with van der Waals surface area (Å²) in [5, 5.41) is 8.87. The van der Waals surface area contributed by atoms with Crippen molar-refractivity contribution in [2.45, 2.75) is 27.2 Å². The van der Waals surface area contributed by atoms with Gasteiger partial charge in [0, 0.05) is 6.54 Å². The summed E-state index contributed by atoms with van der Waals surface area (Å²) in [7, 11) is 0. The minimum Gasteiger partial charge on any atom is -0.493 e. The second-order valence-corrected chi connectivity index (χ2v) is 8.18. The fraction of sp³-hybridized carbons (Fsp3) is 0.370. The predicted octanol–water partition coefficient (Wildman–Crippen LogP) is 3.99. The molecule has 9 nitrogen and oxygen atoms in total. The molecule has 0 radical (unpaired) electrons. The van der Waals surface area contributed by atoms with Crippen molar-refractivity contribution in [3.8, 4) is 17.2 Å². The number of rotatable bonds is 15. The molecule has 0 fully saturated rings. The molecule has 0 bridgehead atoms. The zero-order valence-corrected chi connectivity index (χ0v) is 20.8. The first-order chi connectivity index (χ1) is 17.2. The van der Waals surface area contributed by atoms with E-state index in [2.05, 4.69) is 13.8 Å². The van der Waals surface area contributed by atoms with E-state index in [-0.39, 0.29) is 23.7 Å². The Balaban J connectivity index is 2.31. The number of esters is 1. The normalized spacial score (nSPS) is 10.9. The SMILES string of the molecule is CCOC(=O)c1cc(/C=C/C(=O)c2cc(OCCN)ccc2OCCC(C)C)ccc1OCC(=O)O. The summed E-state index contributed by atoms with van der Waals surface area (Å²) in [6.45, 7) is 6.47. The molecule has 2 aromatic carbocycles. The van der Waals surface area contributed by atoms with Crippen molar-refractivity contribution in [1.82, 2.24) is 0 Å². The van der Waals surface area contributed by atoms with Gasteiger partial charge in [0.05, 0.1) is 18.8 Å². The highest BCUT2D eigenvalue weighted by Crippen LogP contribution is 2.27. The number of carboxylic acid groups (broad SMARTS) is 1. The number of carbonyl (C=O) groups is 3. The molecule has 0 spiro atoms. The van der Waals surface area contributed by atoms with E-state index in [4.69, 9.17) is 29.8 Å². The van der Waals surface area contributed by atoms with Gasteiger partial charge in [-0.05, 0) is 61.2 Å². The predicted molar refractivity (Wildman–Crippen MR) is 135 cm³/mol. The molecule has 0 amide bonds. The van der Waals surface area contributed by atoms with Gasteiger partial charge in [0.1, 0.15) is 29.4 Å². The van der Waals surface area contributed by atoms with Crippen LogP contribution in [0, 0.1) is 5.92 Å². The van der Waals surface area contributed by atoms with Crippen molar-refractivity contribution in [3.05, 3.63) is 59.2 Å². The third-order valence-electron chi connectivity index (χ3n) is 4.83. The lowest BCUT2D eigenvalue weighted by atomic mass is 10.1. The van der Waals surface area contributed by atoms with Gasteiger partial charge in [0.2, 0.25) is 0 Å². The Morgan fingerprint density at radius 2 is 1.69 bits per heavy atom. The van der Waals surface area contributed by atoms with E-state index in [0.29, 0.717) is 48.3 Å². The third-order valence-corrected chi connectivity index (χ3v) is 4.83. The highest BCUT2D eigenvalue weighted by atomic mass is 16.5. The van der Waals surface area contributed by atoms with Crippen LogP contribution in [0.2, 0.25) is 0 Å². The van der Waals surface area contributed by atoms with Gasteiger partial charge < -0.3 is 29.8 Å². The summed E-state index contributed by atoms with van der Waals surface area (Å²) in [6, 6.07) is 9.56. The molecule has 0 aliphatic rings. The Morgan fingerprint density at radius 1 is 0.972 bits per heavy atom. The first-order valence-electron chi connectivity index (χ1n) is 11.7. The summed E-state index contributed by atoms with van der Waals surface area (Å²) < 4.78 is 21.7. The van der Waals surface area contributed by atoms with E-state index in [1.807, 2.05) is 0 Å². The van der Waals surface area contributed by atoms with Crippen molar-refractivity contribution < 1.29 is 38.4 Å². The van der Waals surface area contributed by atoms with Crippen LogP contribution in [0.25, 0.3) is 6.08 Å². The molecule has 0 saturated carbocycles. The van der Waals surface area contributed by atoms with Gasteiger partial charge in [-0.2, -0.15) is 0 Å². The van der Waals surface area contributed by atoms with E-state index in [0.717, 1.165) is 6.42 Å². The number of aliphatic carboxylic acids is 1. The summed E-state index contributed by atoms with van der Waals surface area (Å²) in [5.74, 6) is -0.699. The Hall–Kier alpha value is -3.85. The van der Waals surface area contributed by atoms with Gasteiger partial charge in [-0.15, -0.1) is 0 Å². The van der Waals surface area contributed by atoms with Crippen LogP contribution in [0.1, 0.15) is 53.5 Å².